The summed E-state index contributed by atoms with van der Waals surface area (Å²) in [6.45, 7) is 6.86. The van der Waals surface area contributed by atoms with Crippen molar-refractivity contribution in [1.82, 2.24) is 5.32 Å². The Morgan fingerprint density at radius 1 is 1.24 bits per heavy atom. The van der Waals surface area contributed by atoms with E-state index in [0.29, 0.717) is 6.42 Å². The average Bonchev–Trinajstić information content (AvgIpc) is 2.46. The molecule has 1 aliphatic carbocycles. The third kappa shape index (κ3) is 5.56. The van der Waals surface area contributed by atoms with E-state index in [4.69, 9.17) is 9.47 Å². The number of rotatable bonds is 2. The van der Waals surface area contributed by atoms with Crippen LogP contribution in [-0.2, 0) is 14.3 Å². The van der Waals surface area contributed by atoms with E-state index < -0.39 is 11.7 Å². The van der Waals surface area contributed by atoms with Crippen molar-refractivity contribution in [3.63, 3.8) is 0 Å². The Balaban J connectivity index is 2.30. The topological polar surface area (TPSA) is 64.6 Å². The third-order valence-electron chi connectivity index (χ3n) is 2.44. The van der Waals surface area contributed by atoms with Crippen molar-refractivity contribution in [3.8, 4) is 0 Å². The Bertz CT molecular complexity index is 295. The molecule has 0 bridgehead atoms. The molecule has 0 heterocycles. The van der Waals surface area contributed by atoms with Crippen molar-refractivity contribution in [2.75, 3.05) is 0 Å². The van der Waals surface area contributed by atoms with Gasteiger partial charge in [-0.15, -0.1) is 0 Å². The summed E-state index contributed by atoms with van der Waals surface area (Å²) in [5.41, 5.74) is -0.488. The minimum Gasteiger partial charge on any atom is -0.462 e. The Kier molecular flexibility index (Phi) is 4.37. The first-order valence-corrected chi connectivity index (χ1v) is 5.93. The zero-order valence-corrected chi connectivity index (χ0v) is 10.9. The van der Waals surface area contributed by atoms with E-state index in [9.17, 15) is 9.59 Å². The monoisotopic (exact) mass is 243 g/mol. The van der Waals surface area contributed by atoms with Crippen molar-refractivity contribution in [3.05, 3.63) is 0 Å². The van der Waals surface area contributed by atoms with E-state index in [1.54, 1.807) is 0 Å². The van der Waals surface area contributed by atoms with Crippen LogP contribution in [0, 0.1) is 0 Å². The molecule has 1 rings (SSSR count). The number of ether oxygens (including phenoxy) is 2. The van der Waals surface area contributed by atoms with Gasteiger partial charge < -0.3 is 14.8 Å². The zero-order chi connectivity index (χ0) is 13.1. The van der Waals surface area contributed by atoms with E-state index in [1.165, 1.54) is 6.92 Å². The molecule has 5 nitrogen and oxygen atoms in total. The van der Waals surface area contributed by atoms with Crippen molar-refractivity contribution >= 4 is 12.1 Å². The SMILES string of the molecule is CC(=O)O[C@H]1CC[C@@H](NC(=O)OC(C)(C)C)C1. The van der Waals surface area contributed by atoms with Gasteiger partial charge in [-0.05, 0) is 33.6 Å². The number of hydrogen-bond donors (Lipinski definition) is 1. The molecular formula is C12H21NO4. The maximum absolute atomic E-state index is 11.5. The van der Waals surface area contributed by atoms with E-state index in [0.717, 1.165) is 12.8 Å². The number of hydrogen-bond acceptors (Lipinski definition) is 4. The second-order valence-electron chi connectivity index (χ2n) is 5.39. The number of carbonyl (C=O) groups is 2. The molecule has 0 aromatic rings. The Labute approximate surface area is 102 Å². The van der Waals surface area contributed by atoms with Gasteiger partial charge in [-0.2, -0.15) is 0 Å². The molecule has 0 unspecified atom stereocenters. The number of amides is 1. The molecular weight excluding hydrogens is 222 g/mol. The van der Waals surface area contributed by atoms with Crippen LogP contribution in [0.5, 0.6) is 0 Å². The molecule has 1 N–H and O–H groups in total. The summed E-state index contributed by atoms with van der Waals surface area (Å²) < 4.78 is 10.3. The first-order chi connectivity index (χ1) is 7.76. The molecule has 2 atom stereocenters. The summed E-state index contributed by atoms with van der Waals surface area (Å²) in [6.07, 6.45) is 1.79. The molecule has 0 aromatic heterocycles. The Morgan fingerprint density at radius 3 is 2.41 bits per heavy atom. The molecule has 1 amide bonds. The third-order valence-corrected chi connectivity index (χ3v) is 2.44. The van der Waals surface area contributed by atoms with Gasteiger partial charge in [-0.1, -0.05) is 0 Å². The molecule has 1 aliphatic rings. The molecule has 17 heavy (non-hydrogen) atoms. The molecule has 1 fully saturated rings. The molecule has 0 aliphatic heterocycles. The van der Waals surface area contributed by atoms with Crippen LogP contribution < -0.4 is 5.32 Å². The van der Waals surface area contributed by atoms with Crippen molar-refractivity contribution in [2.24, 2.45) is 0 Å². The zero-order valence-electron chi connectivity index (χ0n) is 10.9. The lowest BCUT2D eigenvalue weighted by Crippen LogP contribution is -2.38. The molecule has 98 valence electrons. The molecule has 0 saturated heterocycles. The standard InChI is InChI=1S/C12H21NO4/c1-8(14)16-10-6-5-9(7-10)13-11(15)17-12(2,3)4/h9-10H,5-7H2,1-4H3,(H,13,15)/t9-,10+/m1/s1. The van der Waals surface area contributed by atoms with Gasteiger partial charge in [0.1, 0.15) is 11.7 Å². The van der Waals surface area contributed by atoms with Gasteiger partial charge in [0.2, 0.25) is 0 Å². The quantitative estimate of drug-likeness (QED) is 0.753. The van der Waals surface area contributed by atoms with E-state index in [-0.39, 0.29) is 18.1 Å². The van der Waals surface area contributed by atoms with Crippen LogP contribution in [-0.4, -0.2) is 29.8 Å². The largest absolute Gasteiger partial charge is 0.462 e. The Morgan fingerprint density at radius 2 is 1.88 bits per heavy atom. The van der Waals surface area contributed by atoms with E-state index in [2.05, 4.69) is 5.32 Å². The van der Waals surface area contributed by atoms with Crippen LogP contribution in [0.25, 0.3) is 0 Å². The van der Waals surface area contributed by atoms with Gasteiger partial charge in [0.25, 0.3) is 0 Å². The first kappa shape index (κ1) is 13.8. The Hall–Kier alpha value is -1.26. The highest BCUT2D eigenvalue weighted by molar-refractivity contribution is 5.68. The normalized spacial score (nSPS) is 24.2. The number of carbonyl (C=O) groups excluding carboxylic acids is 2. The number of nitrogens with one attached hydrogen (secondary N) is 1. The van der Waals surface area contributed by atoms with Gasteiger partial charge in [-0.3, -0.25) is 4.79 Å². The number of esters is 1. The minimum atomic E-state index is -0.488. The lowest BCUT2D eigenvalue weighted by molar-refractivity contribution is -0.145. The van der Waals surface area contributed by atoms with Gasteiger partial charge in [-0.25, -0.2) is 4.79 Å². The van der Waals surface area contributed by atoms with Crippen LogP contribution in [0.3, 0.4) is 0 Å². The fourth-order valence-electron chi connectivity index (χ4n) is 1.89. The molecule has 1 saturated carbocycles. The smallest absolute Gasteiger partial charge is 0.407 e. The van der Waals surface area contributed by atoms with Crippen LogP contribution in [0.1, 0.15) is 47.0 Å². The van der Waals surface area contributed by atoms with Gasteiger partial charge in [0.05, 0.1) is 0 Å². The fourth-order valence-corrected chi connectivity index (χ4v) is 1.89. The van der Waals surface area contributed by atoms with E-state index >= 15 is 0 Å². The molecule has 0 spiro atoms. The highest BCUT2D eigenvalue weighted by Crippen LogP contribution is 2.22. The molecule has 0 aromatic carbocycles. The molecule has 5 heteroatoms. The lowest BCUT2D eigenvalue weighted by atomic mass is 10.2. The predicted molar refractivity (Wildman–Crippen MR) is 62.6 cm³/mol. The lowest BCUT2D eigenvalue weighted by Gasteiger charge is -2.21. The first-order valence-electron chi connectivity index (χ1n) is 5.93. The van der Waals surface area contributed by atoms with Crippen molar-refractivity contribution in [1.29, 1.82) is 0 Å². The predicted octanol–water partition coefficient (Wildman–Crippen LogP) is 2.00. The van der Waals surface area contributed by atoms with Crippen molar-refractivity contribution < 1.29 is 19.1 Å². The highest BCUT2D eigenvalue weighted by Gasteiger charge is 2.29. The van der Waals surface area contributed by atoms with Gasteiger partial charge in [0, 0.05) is 19.4 Å². The highest BCUT2D eigenvalue weighted by atomic mass is 16.6. The van der Waals surface area contributed by atoms with E-state index in [1.807, 2.05) is 20.8 Å². The van der Waals surface area contributed by atoms with Gasteiger partial charge >= 0.3 is 12.1 Å². The summed E-state index contributed by atoms with van der Waals surface area (Å²) in [4.78, 5) is 22.3. The van der Waals surface area contributed by atoms with Crippen LogP contribution >= 0.6 is 0 Å². The second kappa shape index (κ2) is 5.38. The average molecular weight is 243 g/mol. The number of alkyl carbamates (subject to hydrolysis) is 1. The summed E-state index contributed by atoms with van der Waals surface area (Å²) in [7, 11) is 0. The van der Waals surface area contributed by atoms with Crippen LogP contribution in [0.2, 0.25) is 0 Å². The van der Waals surface area contributed by atoms with Crippen LogP contribution in [0.4, 0.5) is 4.79 Å². The maximum atomic E-state index is 11.5. The minimum absolute atomic E-state index is 0.0363. The summed E-state index contributed by atoms with van der Waals surface area (Å²) in [6, 6.07) is 0.0363. The maximum Gasteiger partial charge on any atom is 0.407 e. The van der Waals surface area contributed by atoms with Gasteiger partial charge in [0.15, 0.2) is 0 Å². The van der Waals surface area contributed by atoms with Crippen molar-refractivity contribution in [2.45, 2.75) is 64.7 Å². The fraction of sp³-hybridized carbons (Fsp3) is 0.833. The summed E-state index contributed by atoms with van der Waals surface area (Å²) in [5, 5.41) is 2.79. The second-order valence-corrected chi connectivity index (χ2v) is 5.39. The van der Waals surface area contributed by atoms with Crippen LogP contribution in [0.15, 0.2) is 0 Å². The summed E-state index contributed by atoms with van der Waals surface area (Å²) >= 11 is 0. The summed E-state index contributed by atoms with van der Waals surface area (Å²) in [5.74, 6) is -0.270. The molecule has 0 radical (unpaired) electrons.